The highest BCUT2D eigenvalue weighted by Gasteiger charge is 2.39. The van der Waals surface area contributed by atoms with Crippen molar-refractivity contribution < 1.29 is 0 Å². The lowest BCUT2D eigenvalue weighted by atomic mass is 10.0. The Labute approximate surface area is 80.7 Å². The van der Waals surface area contributed by atoms with Crippen molar-refractivity contribution in [2.75, 3.05) is 13.1 Å². The summed E-state index contributed by atoms with van der Waals surface area (Å²) in [5.41, 5.74) is 0. The van der Waals surface area contributed by atoms with Gasteiger partial charge in [-0.15, -0.1) is 0 Å². The van der Waals surface area contributed by atoms with E-state index in [1.165, 1.54) is 51.6 Å². The Hall–Kier alpha value is -0.0800. The maximum atomic E-state index is 3.61. The van der Waals surface area contributed by atoms with E-state index in [2.05, 4.69) is 10.2 Å². The second kappa shape index (κ2) is 3.25. The van der Waals surface area contributed by atoms with Crippen LogP contribution in [0.1, 0.15) is 38.5 Å². The molecule has 0 spiro atoms. The summed E-state index contributed by atoms with van der Waals surface area (Å²) in [6.07, 6.45) is 8.74. The van der Waals surface area contributed by atoms with E-state index in [4.69, 9.17) is 0 Å². The summed E-state index contributed by atoms with van der Waals surface area (Å²) in [4.78, 5) is 2.79. The molecule has 1 atom stereocenters. The summed E-state index contributed by atoms with van der Waals surface area (Å²) in [6, 6.07) is 2.75. The van der Waals surface area contributed by atoms with Gasteiger partial charge in [0, 0.05) is 24.7 Å². The molecule has 0 aromatic heterocycles. The Morgan fingerprint density at radius 3 is 2.23 bits per heavy atom. The van der Waals surface area contributed by atoms with Gasteiger partial charge >= 0.3 is 0 Å². The zero-order valence-electron chi connectivity index (χ0n) is 8.34. The molecule has 0 saturated carbocycles. The molecular weight excluding hydrogens is 160 g/mol. The highest BCUT2D eigenvalue weighted by molar-refractivity contribution is 4.96. The highest BCUT2D eigenvalue weighted by atomic mass is 15.2. The van der Waals surface area contributed by atoms with Crippen LogP contribution in [0, 0.1) is 0 Å². The molecule has 0 aromatic carbocycles. The van der Waals surface area contributed by atoms with E-state index in [-0.39, 0.29) is 0 Å². The van der Waals surface area contributed by atoms with Gasteiger partial charge in [0.1, 0.15) is 0 Å². The van der Waals surface area contributed by atoms with Crippen molar-refractivity contribution in [2.24, 2.45) is 0 Å². The van der Waals surface area contributed by atoms with Crippen LogP contribution in [0.4, 0.5) is 0 Å². The first kappa shape index (κ1) is 8.25. The molecule has 74 valence electrons. The molecule has 3 aliphatic heterocycles. The third kappa shape index (κ3) is 1.40. The van der Waals surface area contributed by atoms with Crippen molar-refractivity contribution in [3.8, 4) is 0 Å². The van der Waals surface area contributed by atoms with Crippen molar-refractivity contribution >= 4 is 0 Å². The zero-order valence-corrected chi connectivity index (χ0v) is 8.34. The van der Waals surface area contributed by atoms with Gasteiger partial charge in [-0.1, -0.05) is 0 Å². The second-order valence-corrected chi connectivity index (χ2v) is 4.95. The van der Waals surface area contributed by atoms with Crippen molar-refractivity contribution in [3.63, 3.8) is 0 Å². The Balaban J connectivity index is 1.60. The van der Waals surface area contributed by atoms with Crippen LogP contribution in [-0.4, -0.2) is 36.1 Å². The van der Waals surface area contributed by atoms with Crippen LogP contribution in [0.2, 0.25) is 0 Å². The number of fused-ring (bicyclic) bond motifs is 2. The fourth-order valence-corrected chi connectivity index (χ4v) is 3.48. The Morgan fingerprint density at radius 2 is 1.69 bits per heavy atom. The monoisotopic (exact) mass is 180 g/mol. The van der Waals surface area contributed by atoms with E-state index in [0.717, 1.165) is 18.1 Å². The van der Waals surface area contributed by atoms with Gasteiger partial charge in [0.15, 0.2) is 0 Å². The summed E-state index contributed by atoms with van der Waals surface area (Å²) < 4.78 is 0. The lowest BCUT2D eigenvalue weighted by Gasteiger charge is -2.25. The van der Waals surface area contributed by atoms with Crippen LogP contribution in [0.5, 0.6) is 0 Å². The minimum Gasteiger partial charge on any atom is -0.313 e. The smallest absolute Gasteiger partial charge is 0.0195 e. The van der Waals surface area contributed by atoms with Crippen molar-refractivity contribution in [2.45, 2.75) is 56.7 Å². The van der Waals surface area contributed by atoms with Gasteiger partial charge in [-0.05, 0) is 45.1 Å². The molecule has 3 rings (SSSR count). The molecule has 2 nitrogen and oxygen atoms in total. The van der Waals surface area contributed by atoms with E-state index < -0.39 is 0 Å². The molecule has 2 heteroatoms. The third-order valence-corrected chi connectivity index (χ3v) is 4.20. The van der Waals surface area contributed by atoms with Crippen molar-refractivity contribution in [3.05, 3.63) is 0 Å². The van der Waals surface area contributed by atoms with Gasteiger partial charge in [0.05, 0.1) is 0 Å². The lowest BCUT2D eigenvalue weighted by molar-refractivity contribution is 0.229. The Kier molecular flexibility index (Phi) is 2.06. The fraction of sp³-hybridized carbons (Fsp3) is 1.00. The minimum absolute atomic E-state index is 0.821. The fourth-order valence-electron chi connectivity index (χ4n) is 3.48. The summed E-state index contributed by atoms with van der Waals surface area (Å²) in [5, 5.41) is 3.61. The van der Waals surface area contributed by atoms with E-state index >= 15 is 0 Å². The molecule has 3 fully saturated rings. The molecule has 3 aliphatic rings. The summed E-state index contributed by atoms with van der Waals surface area (Å²) in [5.74, 6) is 0. The number of nitrogens with zero attached hydrogens (tertiary/aromatic N) is 1. The second-order valence-electron chi connectivity index (χ2n) is 4.95. The predicted molar refractivity (Wildman–Crippen MR) is 53.8 cm³/mol. The number of hydrogen-bond acceptors (Lipinski definition) is 2. The van der Waals surface area contributed by atoms with Gasteiger partial charge in [-0.25, -0.2) is 0 Å². The first-order valence-electron chi connectivity index (χ1n) is 5.92. The van der Waals surface area contributed by atoms with E-state index in [1.807, 2.05) is 0 Å². The molecule has 2 bridgehead atoms. The first-order chi connectivity index (χ1) is 6.43. The average molecular weight is 180 g/mol. The Morgan fingerprint density at radius 1 is 1.00 bits per heavy atom. The zero-order chi connectivity index (χ0) is 8.67. The van der Waals surface area contributed by atoms with Gasteiger partial charge in [-0.3, -0.25) is 4.90 Å². The topological polar surface area (TPSA) is 15.3 Å². The Bertz CT molecular complexity index is 167. The molecule has 1 N–H and O–H groups in total. The van der Waals surface area contributed by atoms with Crippen LogP contribution < -0.4 is 5.32 Å². The minimum atomic E-state index is 0.821. The van der Waals surface area contributed by atoms with E-state index in [0.29, 0.717) is 0 Å². The standard InChI is InChI=1S/C11H20N2/c1-2-9(12-7-1)8-13-10-3-4-11(13)6-5-10/h9-12H,1-8H2/t9-,10?,11?/m0/s1. The summed E-state index contributed by atoms with van der Waals surface area (Å²) in [6.45, 7) is 2.60. The molecule has 0 aliphatic carbocycles. The first-order valence-corrected chi connectivity index (χ1v) is 5.92. The largest absolute Gasteiger partial charge is 0.313 e. The summed E-state index contributed by atoms with van der Waals surface area (Å²) in [7, 11) is 0. The van der Waals surface area contributed by atoms with Crippen LogP contribution in [0.15, 0.2) is 0 Å². The molecule has 0 unspecified atom stereocenters. The van der Waals surface area contributed by atoms with E-state index in [9.17, 15) is 0 Å². The van der Waals surface area contributed by atoms with Crippen LogP contribution >= 0.6 is 0 Å². The van der Waals surface area contributed by atoms with Crippen LogP contribution in [0.3, 0.4) is 0 Å². The molecule has 0 amide bonds. The predicted octanol–water partition coefficient (Wildman–Crippen LogP) is 1.37. The normalized spacial score (nSPS) is 44.8. The number of rotatable bonds is 2. The molecule has 0 radical (unpaired) electrons. The maximum Gasteiger partial charge on any atom is 0.0195 e. The third-order valence-electron chi connectivity index (χ3n) is 4.20. The molecular formula is C11H20N2. The van der Waals surface area contributed by atoms with E-state index in [1.54, 1.807) is 0 Å². The van der Waals surface area contributed by atoms with Gasteiger partial charge < -0.3 is 5.32 Å². The molecule has 3 saturated heterocycles. The molecule has 3 heterocycles. The molecule has 13 heavy (non-hydrogen) atoms. The summed E-state index contributed by atoms with van der Waals surface area (Å²) >= 11 is 0. The molecule has 0 aromatic rings. The van der Waals surface area contributed by atoms with Crippen LogP contribution in [0.25, 0.3) is 0 Å². The quantitative estimate of drug-likeness (QED) is 0.690. The lowest BCUT2D eigenvalue weighted by Crippen LogP contribution is -2.40. The SMILES string of the molecule is C1CN[C@H](CN2C3CCC2CC3)C1. The maximum absolute atomic E-state index is 3.61. The number of hydrogen-bond donors (Lipinski definition) is 1. The van der Waals surface area contributed by atoms with Crippen LogP contribution in [-0.2, 0) is 0 Å². The van der Waals surface area contributed by atoms with Crippen molar-refractivity contribution in [1.29, 1.82) is 0 Å². The van der Waals surface area contributed by atoms with Gasteiger partial charge in [0.2, 0.25) is 0 Å². The van der Waals surface area contributed by atoms with Crippen molar-refractivity contribution in [1.82, 2.24) is 10.2 Å². The number of nitrogens with one attached hydrogen (secondary N) is 1. The highest BCUT2D eigenvalue weighted by Crippen LogP contribution is 2.37. The van der Waals surface area contributed by atoms with Gasteiger partial charge in [-0.2, -0.15) is 0 Å². The average Bonchev–Trinajstić information content (AvgIpc) is 2.85. The van der Waals surface area contributed by atoms with Gasteiger partial charge in [0.25, 0.3) is 0 Å².